The molecule has 1 aliphatic rings. The predicted octanol–water partition coefficient (Wildman–Crippen LogP) is 3.87. The Morgan fingerprint density at radius 2 is 1.75 bits per heavy atom. The van der Waals surface area contributed by atoms with Crippen molar-refractivity contribution in [3.05, 3.63) is 95.1 Å². The van der Waals surface area contributed by atoms with E-state index in [0.717, 1.165) is 41.2 Å². The van der Waals surface area contributed by atoms with Gasteiger partial charge in [-0.1, -0.05) is 17.7 Å². The molecule has 3 aromatic carbocycles. The number of ether oxygens (including phenoxy) is 1. The maximum absolute atomic E-state index is 13.1. The van der Waals surface area contributed by atoms with Gasteiger partial charge in [-0.3, -0.25) is 9.59 Å². The van der Waals surface area contributed by atoms with E-state index in [0.29, 0.717) is 5.56 Å². The monoisotopic (exact) mass is 485 g/mol. The van der Waals surface area contributed by atoms with Crippen LogP contribution >= 0.6 is 0 Å². The van der Waals surface area contributed by atoms with Crippen LogP contribution in [0.5, 0.6) is 5.75 Å². The van der Waals surface area contributed by atoms with E-state index >= 15 is 0 Å². The molecule has 0 aliphatic carbocycles. The lowest BCUT2D eigenvalue weighted by Crippen LogP contribution is -2.42. The molecule has 4 rings (SSSR count). The Labute approximate surface area is 212 Å². The number of hydrogen-bond donors (Lipinski definition) is 2. The minimum atomic E-state index is -0.780. The molecule has 0 aromatic heterocycles. The van der Waals surface area contributed by atoms with Crippen LogP contribution in [0.15, 0.2) is 72.8 Å². The zero-order valence-corrected chi connectivity index (χ0v) is 21.2. The molecule has 2 atom stereocenters. The Bertz CT molecular complexity index is 1250. The Morgan fingerprint density at radius 1 is 1.06 bits per heavy atom. The summed E-state index contributed by atoms with van der Waals surface area (Å²) in [5, 5.41) is 2.95. The summed E-state index contributed by atoms with van der Waals surface area (Å²) in [6.07, 6.45) is 1.90. The molecule has 0 bridgehead atoms. The van der Waals surface area contributed by atoms with Crippen LogP contribution in [-0.4, -0.2) is 49.0 Å². The average molecular weight is 486 g/mol. The fraction of sp³-hybridized carbons (Fsp3) is 0.276. The van der Waals surface area contributed by atoms with E-state index < -0.39 is 12.1 Å². The Hall–Kier alpha value is -4.13. The molecule has 186 valence electrons. The zero-order valence-electron chi connectivity index (χ0n) is 21.2. The number of hydrazone groups is 1. The zero-order chi connectivity index (χ0) is 25.7. The quantitative estimate of drug-likeness (QED) is 0.475. The second kappa shape index (κ2) is 11.1. The first kappa shape index (κ1) is 25.0. The van der Waals surface area contributed by atoms with Gasteiger partial charge in [0.25, 0.3) is 5.91 Å². The highest BCUT2D eigenvalue weighted by atomic mass is 16.5. The molecule has 0 spiro atoms. The lowest BCUT2D eigenvalue weighted by atomic mass is 9.99. The number of methoxy groups -OCH3 is 1. The first-order valence-electron chi connectivity index (χ1n) is 12.2. The van der Waals surface area contributed by atoms with E-state index in [4.69, 9.17) is 4.74 Å². The predicted molar refractivity (Wildman–Crippen MR) is 142 cm³/mol. The van der Waals surface area contributed by atoms with Crippen molar-refractivity contribution in [1.29, 1.82) is 0 Å². The van der Waals surface area contributed by atoms with Gasteiger partial charge in [0.05, 0.1) is 7.11 Å². The summed E-state index contributed by atoms with van der Waals surface area (Å²) in [5.41, 5.74) is 7.40. The molecule has 7 nitrogen and oxygen atoms in total. The molecule has 1 saturated heterocycles. The van der Waals surface area contributed by atoms with E-state index in [2.05, 4.69) is 41.6 Å². The van der Waals surface area contributed by atoms with Gasteiger partial charge in [0.15, 0.2) is 6.04 Å². The van der Waals surface area contributed by atoms with Gasteiger partial charge in [0, 0.05) is 35.5 Å². The summed E-state index contributed by atoms with van der Waals surface area (Å²) >= 11 is 0. The summed E-state index contributed by atoms with van der Waals surface area (Å²) < 4.78 is 7.08. The number of amides is 2. The van der Waals surface area contributed by atoms with Crippen molar-refractivity contribution in [3.8, 4) is 5.75 Å². The Kier molecular flexibility index (Phi) is 7.68. The fourth-order valence-corrected chi connectivity index (χ4v) is 4.51. The van der Waals surface area contributed by atoms with Gasteiger partial charge in [0.1, 0.15) is 5.75 Å². The normalized spacial score (nSPS) is 18.1. The lowest BCUT2D eigenvalue weighted by molar-refractivity contribution is -0.596. The van der Waals surface area contributed by atoms with Gasteiger partial charge in [-0.2, -0.15) is 0 Å². The van der Waals surface area contributed by atoms with Crippen LogP contribution in [0, 0.1) is 6.92 Å². The third-order valence-electron chi connectivity index (χ3n) is 6.47. The lowest BCUT2D eigenvalue weighted by Gasteiger charge is -2.20. The molecule has 0 radical (unpaired) electrons. The van der Waals surface area contributed by atoms with Crippen molar-refractivity contribution < 1.29 is 19.0 Å². The first-order chi connectivity index (χ1) is 17.4. The van der Waals surface area contributed by atoms with Gasteiger partial charge in [-0.25, -0.2) is 0 Å². The van der Waals surface area contributed by atoms with Gasteiger partial charge < -0.3 is 15.0 Å². The van der Waals surface area contributed by atoms with E-state index in [1.165, 1.54) is 0 Å². The SMILES string of the molecule is CCN(CC)c1ccc(/C=[N+]2\NC(=O)[C@@H](NC(=O)c3cccc(C)c3)[C@@H]2c2ccc(OC)cc2)cc1. The van der Waals surface area contributed by atoms with E-state index in [-0.39, 0.29) is 11.8 Å². The van der Waals surface area contributed by atoms with Crippen molar-refractivity contribution in [1.82, 2.24) is 10.7 Å². The largest absolute Gasteiger partial charge is 0.497 e. The molecule has 7 heteroatoms. The van der Waals surface area contributed by atoms with Gasteiger partial charge in [-0.05, 0) is 81.4 Å². The third kappa shape index (κ3) is 5.40. The molecule has 1 fully saturated rings. The number of anilines is 1. The maximum atomic E-state index is 13.1. The van der Waals surface area contributed by atoms with Gasteiger partial charge >= 0.3 is 5.91 Å². The standard InChI is InChI=1S/C29H32N4O3/c1-5-32(6-2)24-14-10-21(11-15-24)19-33-27(22-12-16-25(36-4)17-13-22)26(29(35)31-33)30-28(34)23-9-7-8-20(3)18-23/h7-19,26-27H,5-6H2,1-4H3,(H-,30,31,34,35)/p+1/t26-,27-/m0/s1. The topological polar surface area (TPSA) is 73.7 Å². The van der Waals surface area contributed by atoms with Crippen LogP contribution in [0.1, 0.15) is 46.9 Å². The van der Waals surface area contributed by atoms with E-state index in [9.17, 15) is 9.59 Å². The number of rotatable bonds is 8. The van der Waals surface area contributed by atoms with Crippen molar-refractivity contribution in [2.75, 3.05) is 25.1 Å². The van der Waals surface area contributed by atoms with Crippen LogP contribution < -0.4 is 20.4 Å². The number of nitrogens with one attached hydrogen (secondary N) is 2. The van der Waals surface area contributed by atoms with E-state index in [1.807, 2.05) is 67.7 Å². The second-order valence-electron chi connectivity index (χ2n) is 8.81. The Balaban J connectivity index is 1.67. The molecule has 0 unspecified atom stereocenters. The summed E-state index contributed by atoms with van der Waals surface area (Å²) in [6.45, 7) is 8.07. The molecule has 36 heavy (non-hydrogen) atoms. The van der Waals surface area contributed by atoms with E-state index in [1.54, 1.807) is 17.9 Å². The molecule has 1 heterocycles. The number of aryl methyl sites for hydroxylation is 1. The highest BCUT2D eigenvalue weighted by molar-refractivity contribution is 5.98. The third-order valence-corrected chi connectivity index (χ3v) is 6.47. The van der Waals surface area contributed by atoms with Gasteiger partial charge in [0.2, 0.25) is 12.3 Å². The summed E-state index contributed by atoms with van der Waals surface area (Å²) in [7, 11) is 1.61. The number of carbonyl (C=O) groups excluding carboxylic acids is 2. The highest BCUT2D eigenvalue weighted by Crippen LogP contribution is 2.27. The van der Waals surface area contributed by atoms with Crippen molar-refractivity contribution >= 4 is 23.7 Å². The molecule has 2 N–H and O–H groups in total. The minimum Gasteiger partial charge on any atom is -0.497 e. The molecular formula is C29H33N4O3+. The summed E-state index contributed by atoms with van der Waals surface area (Å²) in [4.78, 5) is 28.4. The van der Waals surface area contributed by atoms with Gasteiger partial charge in [-0.15, -0.1) is 10.1 Å². The van der Waals surface area contributed by atoms with Crippen molar-refractivity contribution in [2.24, 2.45) is 0 Å². The van der Waals surface area contributed by atoms with Crippen LogP contribution in [0.25, 0.3) is 0 Å². The molecule has 1 aliphatic heterocycles. The smallest absolute Gasteiger partial charge is 0.304 e. The van der Waals surface area contributed by atoms with Crippen molar-refractivity contribution in [3.63, 3.8) is 0 Å². The van der Waals surface area contributed by atoms with Crippen molar-refractivity contribution in [2.45, 2.75) is 32.9 Å². The van der Waals surface area contributed by atoms with Crippen LogP contribution in [0.4, 0.5) is 5.69 Å². The number of benzene rings is 3. The first-order valence-corrected chi connectivity index (χ1v) is 12.2. The number of hydrazine groups is 1. The highest BCUT2D eigenvalue weighted by Gasteiger charge is 2.47. The average Bonchev–Trinajstić information content (AvgIpc) is 3.19. The molecular weight excluding hydrogens is 452 g/mol. The Morgan fingerprint density at radius 3 is 2.36 bits per heavy atom. The molecule has 0 saturated carbocycles. The fourth-order valence-electron chi connectivity index (χ4n) is 4.51. The summed E-state index contributed by atoms with van der Waals surface area (Å²) in [6, 6.07) is 21.9. The van der Waals surface area contributed by atoms with Crippen LogP contribution in [0.3, 0.4) is 0 Å². The molecule has 3 aromatic rings. The second-order valence-corrected chi connectivity index (χ2v) is 8.81. The number of nitrogens with zero attached hydrogens (tertiary/aromatic N) is 2. The number of carbonyl (C=O) groups is 2. The minimum absolute atomic E-state index is 0.271. The maximum Gasteiger partial charge on any atom is 0.304 e. The van der Waals surface area contributed by atoms with Crippen LogP contribution in [-0.2, 0) is 4.79 Å². The number of hydrogen-bond acceptors (Lipinski definition) is 4. The van der Waals surface area contributed by atoms with Crippen LogP contribution in [0.2, 0.25) is 0 Å². The summed E-state index contributed by atoms with van der Waals surface area (Å²) in [5.74, 6) is 0.162. The molecule has 2 amide bonds.